The molecule has 2 aliphatic carbocycles. The summed E-state index contributed by atoms with van der Waals surface area (Å²) in [7, 11) is 1.93. The zero-order valence-electron chi connectivity index (χ0n) is 15.1. The Labute approximate surface area is 146 Å². The third-order valence-electron chi connectivity index (χ3n) is 5.84. The Hall–Kier alpha value is -1.51. The fourth-order valence-corrected chi connectivity index (χ4v) is 4.23. The van der Waals surface area contributed by atoms with Crippen LogP contribution in [0.15, 0.2) is 24.3 Å². The van der Waals surface area contributed by atoms with Gasteiger partial charge < -0.3 is 10.2 Å². The summed E-state index contributed by atoms with van der Waals surface area (Å²) in [5.74, 6) is 1.32. The molecule has 0 saturated heterocycles. The van der Waals surface area contributed by atoms with Crippen LogP contribution >= 0.6 is 0 Å². The number of nitrogens with zero attached hydrogens (tertiary/aromatic N) is 1. The summed E-state index contributed by atoms with van der Waals surface area (Å²) in [5.41, 5.74) is 2.15. The van der Waals surface area contributed by atoms with E-state index in [9.17, 15) is 4.79 Å². The number of carbonyl (C=O) groups is 1. The van der Waals surface area contributed by atoms with E-state index in [1.165, 1.54) is 51.4 Å². The van der Waals surface area contributed by atoms with Gasteiger partial charge in [-0.1, -0.05) is 44.6 Å². The monoisotopic (exact) mass is 328 g/mol. The standard InChI is InChI=1S/C21H32N2O/c1-23(21(24)18-11-6-3-7-12-18)20-14-8-13-19(15-20)22-16-17-9-4-2-5-10-17/h8,13-15,17-18,22H,2-7,9-12,16H2,1H3. The van der Waals surface area contributed by atoms with Crippen LogP contribution in [0.4, 0.5) is 11.4 Å². The molecule has 132 valence electrons. The normalized spacial score (nSPS) is 19.9. The van der Waals surface area contributed by atoms with Gasteiger partial charge in [-0.15, -0.1) is 0 Å². The molecule has 1 aromatic carbocycles. The third kappa shape index (κ3) is 4.52. The van der Waals surface area contributed by atoms with Gasteiger partial charge in [0.1, 0.15) is 0 Å². The van der Waals surface area contributed by atoms with Crippen LogP contribution in [0.2, 0.25) is 0 Å². The molecule has 1 N–H and O–H groups in total. The highest BCUT2D eigenvalue weighted by Gasteiger charge is 2.24. The van der Waals surface area contributed by atoms with Crippen LogP contribution < -0.4 is 10.2 Å². The molecule has 2 aliphatic rings. The minimum Gasteiger partial charge on any atom is -0.385 e. The van der Waals surface area contributed by atoms with Crippen molar-refractivity contribution < 1.29 is 4.79 Å². The van der Waals surface area contributed by atoms with E-state index in [4.69, 9.17) is 0 Å². The Morgan fingerprint density at radius 2 is 1.71 bits per heavy atom. The quantitative estimate of drug-likeness (QED) is 0.803. The molecule has 0 aliphatic heterocycles. The molecule has 0 heterocycles. The molecular formula is C21H32N2O. The summed E-state index contributed by atoms with van der Waals surface area (Å²) in [6.45, 7) is 1.06. The van der Waals surface area contributed by atoms with Gasteiger partial charge in [0, 0.05) is 30.9 Å². The first-order valence-corrected chi connectivity index (χ1v) is 9.85. The third-order valence-corrected chi connectivity index (χ3v) is 5.84. The number of nitrogens with one attached hydrogen (secondary N) is 1. The Kier molecular flexibility index (Phi) is 6.17. The largest absolute Gasteiger partial charge is 0.385 e. The van der Waals surface area contributed by atoms with E-state index < -0.39 is 0 Å². The second-order valence-corrected chi connectivity index (χ2v) is 7.67. The molecule has 0 radical (unpaired) electrons. The molecule has 24 heavy (non-hydrogen) atoms. The van der Waals surface area contributed by atoms with Crippen LogP contribution in [0.3, 0.4) is 0 Å². The molecule has 0 spiro atoms. The summed E-state index contributed by atoms with van der Waals surface area (Å²) < 4.78 is 0. The molecule has 1 amide bonds. The minimum absolute atomic E-state index is 0.225. The maximum atomic E-state index is 12.7. The molecule has 0 atom stereocenters. The average molecular weight is 329 g/mol. The highest BCUT2D eigenvalue weighted by Crippen LogP contribution is 2.28. The lowest BCUT2D eigenvalue weighted by atomic mass is 9.88. The zero-order valence-corrected chi connectivity index (χ0v) is 15.1. The van der Waals surface area contributed by atoms with Crippen LogP contribution in [-0.4, -0.2) is 19.5 Å². The van der Waals surface area contributed by atoms with E-state index >= 15 is 0 Å². The van der Waals surface area contributed by atoms with Crippen molar-refractivity contribution in [2.24, 2.45) is 11.8 Å². The summed E-state index contributed by atoms with van der Waals surface area (Å²) in [6, 6.07) is 8.35. The Balaban J connectivity index is 1.58. The van der Waals surface area contributed by atoms with Crippen molar-refractivity contribution in [3.05, 3.63) is 24.3 Å². The molecule has 0 bridgehead atoms. The van der Waals surface area contributed by atoms with Crippen LogP contribution in [-0.2, 0) is 4.79 Å². The number of carbonyl (C=O) groups excluding carboxylic acids is 1. The Morgan fingerprint density at radius 1 is 1.04 bits per heavy atom. The molecule has 0 unspecified atom stereocenters. The number of amides is 1. The predicted octanol–water partition coefficient (Wildman–Crippen LogP) is 5.22. The van der Waals surface area contributed by atoms with Gasteiger partial charge >= 0.3 is 0 Å². The van der Waals surface area contributed by atoms with Gasteiger partial charge in [-0.2, -0.15) is 0 Å². The number of hydrogen-bond donors (Lipinski definition) is 1. The van der Waals surface area contributed by atoms with Crippen molar-refractivity contribution in [3.63, 3.8) is 0 Å². The minimum atomic E-state index is 0.225. The molecule has 0 aromatic heterocycles. The van der Waals surface area contributed by atoms with E-state index in [2.05, 4.69) is 23.5 Å². The summed E-state index contributed by atoms with van der Waals surface area (Å²) in [4.78, 5) is 14.6. The van der Waals surface area contributed by atoms with Crippen LogP contribution in [0.1, 0.15) is 64.2 Å². The van der Waals surface area contributed by atoms with Gasteiger partial charge in [-0.3, -0.25) is 4.79 Å². The smallest absolute Gasteiger partial charge is 0.229 e. The lowest BCUT2D eigenvalue weighted by Crippen LogP contribution is -2.34. The maximum Gasteiger partial charge on any atom is 0.229 e. The molecule has 2 fully saturated rings. The fraction of sp³-hybridized carbons (Fsp3) is 0.667. The van der Waals surface area contributed by atoms with E-state index in [1.54, 1.807) is 0 Å². The van der Waals surface area contributed by atoms with Crippen molar-refractivity contribution >= 4 is 17.3 Å². The fourth-order valence-electron chi connectivity index (χ4n) is 4.23. The Bertz CT molecular complexity index is 530. The van der Waals surface area contributed by atoms with Gasteiger partial charge in [-0.25, -0.2) is 0 Å². The summed E-state index contributed by atoms with van der Waals surface area (Å²) >= 11 is 0. The number of benzene rings is 1. The highest BCUT2D eigenvalue weighted by molar-refractivity contribution is 5.95. The van der Waals surface area contributed by atoms with E-state index in [0.717, 1.165) is 36.7 Å². The maximum absolute atomic E-state index is 12.7. The lowest BCUT2D eigenvalue weighted by molar-refractivity contribution is -0.123. The molecule has 1 aromatic rings. The van der Waals surface area contributed by atoms with Crippen molar-refractivity contribution in [2.45, 2.75) is 64.2 Å². The van der Waals surface area contributed by atoms with E-state index in [1.807, 2.05) is 18.0 Å². The molecule has 3 heteroatoms. The first kappa shape index (κ1) is 17.3. The van der Waals surface area contributed by atoms with Gasteiger partial charge in [0.2, 0.25) is 5.91 Å². The molecular weight excluding hydrogens is 296 g/mol. The predicted molar refractivity (Wildman–Crippen MR) is 101 cm³/mol. The highest BCUT2D eigenvalue weighted by atomic mass is 16.2. The van der Waals surface area contributed by atoms with Crippen molar-refractivity contribution in [1.29, 1.82) is 0 Å². The van der Waals surface area contributed by atoms with Crippen LogP contribution in [0.25, 0.3) is 0 Å². The van der Waals surface area contributed by atoms with Gasteiger partial charge in [0.15, 0.2) is 0 Å². The summed E-state index contributed by atoms with van der Waals surface area (Å²) in [6.07, 6.45) is 12.7. The topological polar surface area (TPSA) is 32.3 Å². The molecule has 3 nitrogen and oxygen atoms in total. The van der Waals surface area contributed by atoms with Crippen molar-refractivity contribution in [1.82, 2.24) is 0 Å². The second kappa shape index (κ2) is 8.55. The zero-order chi connectivity index (χ0) is 16.8. The number of hydrogen-bond acceptors (Lipinski definition) is 2. The van der Waals surface area contributed by atoms with Gasteiger partial charge in [0.05, 0.1) is 0 Å². The van der Waals surface area contributed by atoms with Crippen LogP contribution in [0, 0.1) is 11.8 Å². The second-order valence-electron chi connectivity index (χ2n) is 7.67. The van der Waals surface area contributed by atoms with Crippen molar-refractivity contribution in [3.8, 4) is 0 Å². The SMILES string of the molecule is CN(C(=O)C1CCCCC1)c1cccc(NCC2CCCCC2)c1. The molecule has 3 rings (SSSR count). The van der Waals surface area contributed by atoms with Crippen molar-refractivity contribution in [2.75, 3.05) is 23.8 Å². The first-order valence-electron chi connectivity index (χ1n) is 9.85. The number of rotatable bonds is 5. The van der Waals surface area contributed by atoms with E-state index in [0.29, 0.717) is 5.91 Å². The van der Waals surface area contributed by atoms with Gasteiger partial charge in [-0.05, 0) is 49.8 Å². The average Bonchev–Trinajstić information content (AvgIpc) is 2.67. The Morgan fingerprint density at radius 3 is 2.42 bits per heavy atom. The molecule has 2 saturated carbocycles. The first-order chi connectivity index (χ1) is 11.7. The van der Waals surface area contributed by atoms with Crippen LogP contribution in [0.5, 0.6) is 0 Å². The van der Waals surface area contributed by atoms with Gasteiger partial charge in [0.25, 0.3) is 0 Å². The lowest BCUT2D eigenvalue weighted by Gasteiger charge is -2.27. The van der Waals surface area contributed by atoms with E-state index in [-0.39, 0.29) is 5.92 Å². The number of anilines is 2. The summed E-state index contributed by atoms with van der Waals surface area (Å²) in [5, 5.41) is 3.59.